The van der Waals surface area contributed by atoms with Crippen LogP contribution in [-0.2, 0) is 11.8 Å². The van der Waals surface area contributed by atoms with Gasteiger partial charge in [-0.1, -0.05) is 40.7 Å². The van der Waals surface area contributed by atoms with Crippen molar-refractivity contribution in [3.05, 3.63) is 28.8 Å². The third-order valence-electron chi connectivity index (χ3n) is 6.66. The van der Waals surface area contributed by atoms with Crippen LogP contribution in [0.5, 0.6) is 5.75 Å². The molecule has 1 unspecified atom stereocenters. The van der Waals surface area contributed by atoms with Gasteiger partial charge in [-0.15, -0.1) is 0 Å². The smallest absolute Gasteiger partial charge is 0.119 e. The number of rotatable bonds is 1. The van der Waals surface area contributed by atoms with E-state index in [9.17, 15) is 10.2 Å². The Morgan fingerprint density at radius 2 is 1.82 bits per heavy atom. The third-order valence-corrected chi connectivity index (χ3v) is 6.66. The highest BCUT2D eigenvalue weighted by molar-refractivity contribution is 5.48. The zero-order valence-corrected chi connectivity index (χ0v) is 14.6. The fraction of sp³-hybridized carbons (Fsp3) is 0.700. The number of hydrogen-bond donors (Lipinski definition) is 2. The van der Waals surface area contributed by atoms with Crippen molar-refractivity contribution in [3.8, 4) is 5.75 Å². The standard InChI is InChI=1S/C20H30O2/c1-12(2)14-10-13-6-7-17-19(3,4)18(22)8-9-20(17,5)15(13)11-16(14)21/h10-12,17-18,21-22H,6-9H2,1-5H3/t17?,18-,20+/m0/s1. The van der Waals surface area contributed by atoms with Crippen molar-refractivity contribution in [2.45, 2.75) is 77.7 Å². The van der Waals surface area contributed by atoms with Crippen molar-refractivity contribution >= 4 is 0 Å². The van der Waals surface area contributed by atoms with Gasteiger partial charge in [0.25, 0.3) is 0 Å². The highest BCUT2D eigenvalue weighted by atomic mass is 16.3. The second-order valence-electron chi connectivity index (χ2n) is 8.61. The van der Waals surface area contributed by atoms with E-state index in [4.69, 9.17) is 0 Å². The number of benzene rings is 1. The Morgan fingerprint density at radius 3 is 2.45 bits per heavy atom. The molecule has 1 fully saturated rings. The maximum absolute atomic E-state index is 10.5. The summed E-state index contributed by atoms with van der Waals surface area (Å²) in [6, 6.07) is 4.26. The van der Waals surface area contributed by atoms with Crippen molar-refractivity contribution in [1.82, 2.24) is 0 Å². The largest absolute Gasteiger partial charge is 0.508 e. The average molecular weight is 302 g/mol. The average Bonchev–Trinajstić information content (AvgIpc) is 2.43. The lowest BCUT2D eigenvalue weighted by Crippen LogP contribution is -2.53. The molecule has 1 aromatic carbocycles. The van der Waals surface area contributed by atoms with Gasteiger partial charge in [0.2, 0.25) is 0 Å². The van der Waals surface area contributed by atoms with Gasteiger partial charge in [-0.2, -0.15) is 0 Å². The van der Waals surface area contributed by atoms with Crippen LogP contribution in [0.4, 0.5) is 0 Å². The van der Waals surface area contributed by atoms with Crippen molar-refractivity contribution in [2.24, 2.45) is 11.3 Å². The summed E-state index contributed by atoms with van der Waals surface area (Å²) in [5, 5.41) is 20.9. The number of aryl methyl sites for hydroxylation is 1. The van der Waals surface area contributed by atoms with E-state index in [1.165, 1.54) is 11.1 Å². The summed E-state index contributed by atoms with van der Waals surface area (Å²) in [5.74, 6) is 1.26. The van der Waals surface area contributed by atoms with Gasteiger partial charge in [-0.3, -0.25) is 0 Å². The molecule has 2 N–H and O–H groups in total. The van der Waals surface area contributed by atoms with Crippen LogP contribution in [0, 0.1) is 11.3 Å². The van der Waals surface area contributed by atoms with E-state index < -0.39 is 0 Å². The maximum atomic E-state index is 10.5. The van der Waals surface area contributed by atoms with E-state index in [2.05, 4.69) is 40.7 Å². The van der Waals surface area contributed by atoms with E-state index in [0.717, 1.165) is 31.2 Å². The first-order chi connectivity index (χ1) is 10.2. The minimum absolute atomic E-state index is 0.0585. The SMILES string of the molecule is CC(C)c1cc2c(cc1O)[C@@]1(C)CC[C@H](O)C(C)(C)C1CC2. The molecule has 2 nitrogen and oxygen atoms in total. The van der Waals surface area contributed by atoms with Crippen molar-refractivity contribution in [2.75, 3.05) is 0 Å². The molecule has 2 aliphatic rings. The Kier molecular flexibility index (Phi) is 3.60. The van der Waals surface area contributed by atoms with Gasteiger partial charge in [0, 0.05) is 0 Å². The molecule has 0 saturated heterocycles. The molecule has 0 aliphatic heterocycles. The minimum Gasteiger partial charge on any atom is -0.508 e. The van der Waals surface area contributed by atoms with Gasteiger partial charge in [0.05, 0.1) is 6.10 Å². The first-order valence-corrected chi connectivity index (χ1v) is 8.72. The van der Waals surface area contributed by atoms with E-state index in [1.807, 2.05) is 6.07 Å². The van der Waals surface area contributed by atoms with Crippen LogP contribution in [0.2, 0.25) is 0 Å². The van der Waals surface area contributed by atoms with Crippen LogP contribution in [0.25, 0.3) is 0 Å². The molecule has 122 valence electrons. The molecule has 1 aromatic rings. The molecule has 0 amide bonds. The summed E-state index contributed by atoms with van der Waals surface area (Å²) < 4.78 is 0. The van der Waals surface area contributed by atoms with E-state index in [-0.39, 0.29) is 16.9 Å². The topological polar surface area (TPSA) is 40.5 Å². The van der Waals surface area contributed by atoms with Gasteiger partial charge in [0.1, 0.15) is 5.75 Å². The number of phenols is 1. The lowest BCUT2D eigenvalue weighted by molar-refractivity contribution is -0.0731. The first-order valence-electron chi connectivity index (χ1n) is 8.72. The predicted molar refractivity (Wildman–Crippen MR) is 90.4 cm³/mol. The Hall–Kier alpha value is -1.02. The van der Waals surface area contributed by atoms with Gasteiger partial charge < -0.3 is 10.2 Å². The Morgan fingerprint density at radius 1 is 1.14 bits per heavy atom. The van der Waals surface area contributed by atoms with E-state index >= 15 is 0 Å². The predicted octanol–water partition coefficient (Wildman–Crippen LogP) is 4.52. The molecule has 0 aromatic heterocycles. The van der Waals surface area contributed by atoms with Crippen molar-refractivity contribution in [3.63, 3.8) is 0 Å². The number of fused-ring (bicyclic) bond motifs is 3. The lowest BCUT2D eigenvalue weighted by atomic mass is 9.49. The van der Waals surface area contributed by atoms with Gasteiger partial charge in [0.15, 0.2) is 0 Å². The first kappa shape index (κ1) is 15.9. The zero-order chi connectivity index (χ0) is 16.3. The van der Waals surface area contributed by atoms with Gasteiger partial charge in [-0.25, -0.2) is 0 Å². The molecule has 22 heavy (non-hydrogen) atoms. The molecule has 3 atom stereocenters. The summed E-state index contributed by atoms with van der Waals surface area (Å²) >= 11 is 0. The van der Waals surface area contributed by atoms with Crippen LogP contribution in [-0.4, -0.2) is 16.3 Å². The number of aromatic hydroxyl groups is 1. The summed E-state index contributed by atoms with van der Waals surface area (Å²) in [5.41, 5.74) is 3.81. The third kappa shape index (κ3) is 2.11. The zero-order valence-electron chi connectivity index (χ0n) is 14.6. The number of aliphatic hydroxyl groups excluding tert-OH is 1. The van der Waals surface area contributed by atoms with E-state index in [1.54, 1.807) is 0 Å². The molecule has 0 bridgehead atoms. The molecular weight excluding hydrogens is 272 g/mol. The van der Waals surface area contributed by atoms with Crippen LogP contribution < -0.4 is 0 Å². The van der Waals surface area contributed by atoms with Gasteiger partial charge >= 0.3 is 0 Å². The number of hydrogen-bond acceptors (Lipinski definition) is 2. The fourth-order valence-electron chi connectivity index (χ4n) is 5.20. The maximum Gasteiger partial charge on any atom is 0.119 e. The summed E-state index contributed by atoms with van der Waals surface area (Å²) in [4.78, 5) is 0. The molecule has 0 radical (unpaired) electrons. The summed E-state index contributed by atoms with van der Waals surface area (Å²) in [6.45, 7) is 11.0. The quantitative estimate of drug-likeness (QED) is 0.801. The van der Waals surface area contributed by atoms with Crippen LogP contribution in [0.1, 0.15) is 76.5 Å². The van der Waals surface area contributed by atoms with Crippen molar-refractivity contribution in [1.29, 1.82) is 0 Å². The number of aliphatic hydroxyl groups is 1. The molecule has 1 saturated carbocycles. The Balaban J connectivity index is 2.12. The van der Waals surface area contributed by atoms with Crippen LogP contribution in [0.15, 0.2) is 12.1 Å². The molecule has 2 heteroatoms. The molecule has 3 rings (SSSR count). The highest BCUT2D eigenvalue weighted by Gasteiger charge is 2.53. The highest BCUT2D eigenvalue weighted by Crippen LogP contribution is 2.57. The number of phenolic OH excluding ortho intramolecular Hbond substituents is 1. The summed E-state index contributed by atoms with van der Waals surface area (Å²) in [7, 11) is 0. The Bertz CT molecular complexity index is 588. The van der Waals surface area contributed by atoms with Gasteiger partial charge in [-0.05, 0) is 71.1 Å². The van der Waals surface area contributed by atoms with E-state index in [0.29, 0.717) is 17.6 Å². The minimum atomic E-state index is -0.212. The second kappa shape index (κ2) is 4.99. The van der Waals surface area contributed by atoms with Crippen LogP contribution in [0.3, 0.4) is 0 Å². The normalized spacial score (nSPS) is 33.4. The van der Waals surface area contributed by atoms with Crippen molar-refractivity contribution < 1.29 is 10.2 Å². The second-order valence-corrected chi connectivity index (χ2v) is 8.61. The Labute approximate surface area is 134 Å². The van der Waals surface area contributed by atoms with Crippen LogP contribution >= 0.6 is 0 Å². The lowest BCUT2D eigenvalue weighted by Gasteiger charge is -2.56. The monoisotopic (exact) mass is 302 g/mol. The molecule has 0 heterocycles. The summed E-state index contributed by atoms with van der Waals surface area (Å²) in [6.07, 6.45) is 3.85. The molecular formula is C20H30O2. The fourth-order valence-corrected chi connectivity index (χ4v) is 5.20. The molecule has 2 aliphatic carbocycles. The molecule has 0 spiro atoms.